The molecule has 3 aromatic carbocycles. The highest BCUT2D eigenvalue weighted by atomic mass is 16.3. The molecule has 1 saturated carbocycles. The molecule has 0 unspecified atom stereocenters. The number of carbonyl (C=O) groups excluding carboxylic acids is 2. The fourth-order valence-corrected chi connectivity index (χ4v) is 7.97. The summed E-state index contributed by atoms with van der Waals surface area (Å²) in [6.45, 7) is 11.0. The van der Waals surface area contributed by atoms with E-state index in [1.54, 1.807) is 4.90 Å². The number of fused-ring (bicyclic) bond motifs is 8. The number of carbonyl (C=O) groups is 2. The van der Waals surface area contributed by atoms with Crippen molar-refractivity contribution in [3.05, 3.63) is 107 Å². The first-order valence-corrected chi connectivity index (χ1v) is 17.9. The van der Waals surface area contributed by atoms with Crippen LogP contribution in [0, 0.1) is 5.41 Å². The van der Waals surface area contributed by atoms with Crippen LogP contribution in [0.1, 0.15) is 113 Å². The maximum Gasteiger partial charge on any atom is 0.317 e. The average Bonchev–Trinajstić information content (AvgIpc) is 3.32. The Labute approximate surface area is 287 Å². The Morgan fingerprint density at radius 2 is 1.69 bits per heavy atom. The third kappa shape index (κ3) is 7.76. The highest BCUT2D eigenvalue weighted by molar-refractivity contribution is 6.10. The summed E-state index contributed by atoms with van der Waals surface area (Å²) in [5, 5.41) is 26.7. The van der Waals surface area contributed by atoms with Crippen molar-refractivity contribution in [2.45, 2.75) is 110 Å². The molecule has 1 fully saturated rings. The van der Waals surface area contributed by atoms with Gasteiger partial charge in [-0.25, -0.2) is 4.79 Å². The zero-order valence-electron chi connectivity index (χ0n) is 29.5. The first kappa shape index (κ1) is 35.6. The normalized spacial score (nSPS) is 24.5. The van der Waals surface area contributed by atoms with Crippen LogP contribution in [0.3, 0.4) is 0 Å². The number of aliphatic hydroxyl groups is 2. The van der Waals surface area contributed by atoms with Crippen molar-refractivity contribution in [2.24, 2.45) is 5.41 Å². The summed E-state index contributed by atoms with van der Waals surface area (Å²) in [7, 11) is 0. The fraction of sp³-hybridized carbons (Fsp3) is 0.476. The molecule has 0 radical (unpaired) electrons. The van der Waals surface area contributed by atoms with Gasteiger partial charge in [-0.05, 0) is 106 Å². The minimum atomic E-state index is -1.15. The van der Waals surface area contributed by atoms with Gasteiger partial charge in [0, 0.05) is 29.1 Å². The zero-order valence-corrected chi connectivity index (χ0v) is 29.5. The summed E-state index contributed by atoms with van der Waals surface area (Å²) < 4.78 is 0. The Hall–Kier alpha value is -3.74. The topological polar surface area (TPSA) is 89.9 Å². The van der Waals surface area contributed by atoms with Crippen LogP contribution in [-0.2, 0) is 6.42 Å². The summed E-state index contributed by atoms with van der Waals surface area (Å²) in [6, 6.07) is 23.9. The van der Waals surface area contributed by atoms with Crippen LogP contribution >= 0.6 is 0 Å². The van der Waals surface area contributed by atoms with Gasteiger partial charge in [-0.15, -0.1) is 0 Å². The quantitative estimate of drug-likeness (QED) is 0.169. The highest BCUT2D eigenvalue weighted by Crippen LogP contribution is 2.59. The van der Waals surface area contributed by atoms with Gasteiger partial charge in [-0.1, -0.05) is 92.2 Å². The third-order valence-corrected chi connectivity index (χ3v) is 10.8. The number of ketones is 1. The number of hydrogen-bond donors (Lipinski definition) is 3. The number of allylic oxidation sites excluding steroid dienone is 2. The predicted octanol–water partition coefficient (Wildman–Crippen LogP) is 8.45. The van der Waals surface area contributed by atoms with Crippen LogP contribution in [0.4, 0.5) is 4.79 Å². The van der Waals surface area contributed by atoms with Crippen LogP contribution in [0.15, 0.2) is 84.4 Å². The van der Waals surface area contributed by atoms with Crippen molar-refractivity contribution < 1.29 is 19.8 Å². The van der Waals surface area contributed by atoms with Crippen LogP contribution in [-0.4, -0.2) is 57.8 Å². The molecule has 0 aliphatic heterocycles. The van der Waals surface area contributed by atoms with Crippen molar-refractivity contribution in [3.8, 4) is 11.1 Å². The van der Waals surface area contributed by atoms with E-state index < -0.39 is 17.1 Å². The Morgan fingerprint density at radius 3 is 2.38 bits per heavy atom. The monoisotopic (exact) mass is 650 g/mol. The number of benzene rings is 3. The van der Waals surface area contributed by atoms with Gasteiger partial charge < -0.3 is 20.4 Å². The van der Waals surface area contributed by atoms with E-state index in [1.807, 2.05) is 62.4 Å². The molecule has 256 valence electrons. The Morgan fingerprint density at radius 1 is 0.979 bits per heavy atom. The van der Waals surface area contributed by atoms with Crippen LogP contribution in [0.2, 0.25) is 0 Å². The summed E-state index contributed by atoms with van der Waals surface area (Å²) in [4.78, 5) is 29.6. The first-order chi connectivity index (χ1) is 22.9. The van der Waals surface area contributed by atoms with Crippen LogP contribution < -0.4 is 5.32 Å². The maximum atomic E-state index is 14.5. The lowest BCUT2D eigenvalue weighted by atomic mass is 9.64. The number of aliphatic hydroxyl groups excluding tert-OH is 1. The van der Waals surface area contributed by atoms with Crippen molar-refractivity contribution in [3.63, 3.8) is 0 Å². The van der Waals surface area contributed by atoms with Crippen molar-refractivity contribution in [2.75, 3.05) is 13.1 Å². The molecule has 0 heterocycles. The second kappa shape index (κ2) is 15.2. The SMILES string of the molecule is CCCN(C[C@]1(O)CC[C@H]2c3ccc(cc3C(=O)c3ccc(-c4ccccc4)cc3)C[C@@H](O)CCC(C)=CCC[C@@]21C)C(=O)NC(C)C. The summed E-state index contributed by atoms with van der Waals surface area (Å²) >= 11 is 0. The molecule has 3 aromatic rings. The number of hydrogen-bond acceptors (Lipinski definition) is 4. The minimum absolute atomic E-state index is 0.00626. The van der Waals surface area contributed by atoms with Gasteiger partial charge in [0.1, 0.15) is 0 Å². The van der Waals surface area contributed by atoms with Gasteiger partial charge in [0.15, 0.2) is 5.78 Å². The molecule has 6 nitrogen and oxygen atoms in total. The lowest BCUT2D eigenvalue weighted by Gasteiger charge is -2.46. The van der Waals surface area contributed by atoms with E-state index in [0.29, 0.717) is 49.8 Å². The Balaban J connectivity index is 1.57. The average molecular weight is 651 g/mol. The Kier molecular flexibility index (Phi) is 11.3. The number of amides is 2. The second-order valence-corrected chi connectivity index (χ2v) is 14.7. The molecule has 0 saturated heterocycles. The van der Waals surface area contributed by atoms with Crippen molar-refractivity contribution in [1.82, 2.24) is 10.2 Å². The summed E-state index contributed by atoms with van der Waals surface area (Å²) in [5.74, 6) is -0.150. The third-order valence-electron chi connectivity index (χ3n) is 10.8. The molecule has 2 amide bonds. The van der Waals surface area contributed by atoms with E-state index in [9.17, 15) is 19.8 Å². The first-order valence-electron chi connectivity index (χ1n) is 17.9. The molecule has 4 atom stereocenters. The van der Waals surface area contributed by atoms with Gasteiger partial charge >= 0.3 is 6.03 Å². The molecule has 6 heteroatoms. The van der Waals surface area contributed by atoms with Crippen molar-refractivity contribution in [1.29, 1.82) is 0 Å². The van der Waals surface area contributed by atoms with Gasteiger partial charge in [0.25, 0.3) is 0 Å². The number of rotatable bonds is 8. The Bertz CT molecular complexity index is 1600. The molecule has 48 heavy (non-hydrogen) atoms. The number of urea groups is 1. The van der Waals surface area contributed by atoms with Crippen molar-refractivity contribution >= 4 is 11.8 Å². The van der Waals surface area contributed by atoms with Crippen LogP contribution in [0.25, 0.3) is 11.1 Å². The van der Waals surface area contributed by atoms with E-state index in [0.717, 1.165) is 41.5 Å². The molecule has 6 rings (SSSR count). The molecule has 3 aliphatic carbocycles. The lowest BCUT2D eigenvalue weighted by Crippen LogP contribution is -2.56. The molecule has 0 aromatic heterocycles. The highest BCUT2D eigenvalue weighted by Gasteiger charge is 2.57. The molecular formula is C42H54N2O4. The fourth-order valence-electron chi connectivity index (χ4n) is 7.97. The predicted molar refractivity (Wildman–Crippen MR) is 194 cm³/mol. The molecule has 2 bridgehead atoms. The standard InChI is InChI=1S/C42H54N2O4/c1-6-25-44(40(47)43-29(2)3)28-42(48)24-22-38-36-21-15-31(26-35(45)20-14-30(4)11-10-23-41(38,42)5)27-37(36)39(46)34-18-16-33(17-19-34)32-12-8-7-9-13-32/h7-9,11-13,15-19,21,27,29,35,38,45,48H,6,10,14,20,22-26,28H2,1-5H3,(H,43,47)/t35-,38-,41-,42+/m0/s1. The largest absolute Gasteiger partial charge is 0.393 e. The maximum absolute atomic E-state index is 14.5. The van der Waals surface area contributed by atoms with Gasteiger partial charge in [0.2, 0.25) is 0 Å². The minimum Gasteiger partial charge on any atom is -0.393 e. The van der Waals surface area contributed by atoms with E-state index in [-0.39, 0.29) is 30.3 Å². The van der Waals surface area contributed by atoms with E-state index in [2.05, 4.69) is 56.4 Å². The van der Waals surface area contributed by atoms with E-state index >= 15 is 0 Å². The number of nitrogens with zero attached hydrogens (tertiary/aromatic N) is 1. The molecule has 3 aliphatic rings. The van der Waals surface area contributed by atoms with Gasteiger partial charge in [-0.3, -0.25) is 4.79 Å². The van der Waals surface area contributed by atoms with E-state index in [1.165, 1.54) is 5.57 Å². The lowest BCUT2D eigenvalue weighted by molar-refractivity contribution is -0.0770. The molecule has 0 spiro atoms. The summed E-state index contributed by atoms with van der Waals surface area (Å²) in [6.07, 6.45) is 7.17. The van der Waals surface area contributed by atoms with Crippen LogP contribution in [0.5, 0.6) is 0 Å². The molecule has 3 N–H and O–H groups in total. The second-order valence-electron chi connectivity index (χ2n) is 14.7. The van der Waals surface area contributed by atoms with E-state index in [4.69, 9.17) is 0 Å². The summed E-state index contributed by atoms with van der Waals surface area (Å²) in [5.41, 5.74) is 4.76. The van der Waals surface area contributed by atoms with Gasteiger partial charge in [-0.2, -0.15) is 0 Å². The zero-order chi connectivity index (χ0) is 34.5. The number of nitrogens with one attached hydrogen (secondary N) is 1. The van der Waals surface area contributed by atoms with Gasteiger partial charge in [0.05, 0.1) is 18.2 Å². The smallest absolute Gasteiger partial charge is 0.317 e. The molecular weight excluding hydrogens is 596 g/mol.